The van der Waals surface area contributed by atoms with Crippen molar-refractivity contribution in [3.8, 4) is 0 Å². The fraction of sp³-hybridized carbons (Fsp3) is 0.571. The molecule has 2 N–H and O–H groups in total. The Balaban J connectivity index is 0.00000450. The average Bonchev–Trinajstić information content (AvgIpc) is 3.06. The minimum absolute atomic E-state index is 0. The molecule has 0 aliphatic rings. The molecule has 30 heavy (non-hydrogen) atoms. The molecule has 1 aromatic heterocycles. The highest BCUT2D eigenvalue weighted by Crippen LogP contribution is 2.10. The van der Waals surface area contributed by atoms with E-state index in [1.54, 1.807) is 0 Å². The van der Waals surface area contributed by atoms with E-state index < -0.39 is 0 Å². The number of hydrogen-bond donors (Lipinski definition) is 2. The van der Waals surface area contributed by atoms with Crippen LogP contribution in [0.2, 0.25) is 0 Å². The predicted octanol–water partition coefficient (Wildman–Crippen LogP) is 3.45. The highest BCUT2D eigenvalue weighted by Gasteiger charge is 2.05. The first-order valence-electron chi connectivity index (χ1n) is 10.2. The van der Waals surface area contributed by atoms with Crippen molar-refractivity contribution in [3.63, 3.8) is 0 Å². The molecule has 1 heterocycles. The number of aliphatic imine (C=N–C) groups is 1. The van der Waals surface area contributed by atoms with Crippen LogP contribution in [-0.2, 0) is 13.6 Å². The SMILES string of the molecule is CSCCCCNC(=NCc1nnc(C)n1C)NCCCN(C)c1ccccc1.I. The van der Waals surface area contributed by atoms with E-state index >= 15 is 0 Å². The van der Waals surface area contributed by atoms with Crippen molar-refractivity contribution in [3.05, 3.63) is 42.0 Å². The van der Waals surface area contributed by atoms with Gasteiger partial charge in [0.15, 0.2) is 11.8 Å². The van der Waals surface area contributed by atoms with Crippen molar-refractivity contribution in [2.24, 2.45) is 12.0 Å². The first-order chi connectivity index (χ1) is 14.1. The van der Waals surface area contributed by atoms with E-state index in [1.165, 1.54) is 17.9 Å². The van der Waals surface area contributed by atoms with Crippen LogP contribution in [0.5, 0.6) is 0 Å². The summed E-state index contributed by atoms with van der Waals surface area (Å²) in [5.41, 5.74) is 1.24. The summed E-state index contributed by atoms with van der Waals surface area (Å²) in [5.74, 6) is 3.82. The van der Waals surface area contributed by atoms with Gasteiger partial charge >= 0.3 is 0 Å². The highest BCUT2D eigenvalue weighted by molar-refractivity contribution is 14.0. The van der Waals surface area contributed by atoms with Crippen molar-refractivity contribution in [2.75, 3.05) is 43.6 Å². The summed E-state index contributed by atoms with van der Waals surface area (Å²) in [6.07, 6.45) is 5.53. The van der Waals surface area contributed by atoms with E-state index in [4.69, 9.17) is 4.99 Å². The Bertz CT molecular complexity index is 736. The summed E-state index contributed by atoms with van der Waals surface area (Å²) in [6.45, 7) is 5.24. The van der Waals surface area contributed by atoms with Crippen molar-refractivity contribution < 1.29 is 0 Å². The molecule has 2 rings (SSSR count). The highest BCUT2D eigenvalue weighted by atomic mass is 127. The molecule has 0 radical (unpaired) electrons. The molecule has 1 aromatic carbocycles. The third-order valence-corrected chi connectivity index (χ3v) is 5.49. The van der Waals surface area contributed by atoms with Crippen LogP contribution in [-0.4, -0.2) is 59.4 Å². The monoisotopic (exact) mass is 545 g/mol. The number of rotatable bonds is 12. The summed E-state index contributed by atoms with van der Waals surface area (Å²) >= 11 is 1.89. The second kappa shape index (κ2) is 15.3. The lowest BCUT2D eigenvalue weighted by Gasteiger charge is -2.19. The summed E-state index contributed by atoms with van der Waals surface area (Å²) in [4.78, 5) is 6.99. The van der Waals surface area contributed by atoms with Crippen LogP contribution in [0.3, 0.4) is 0 Å². The third-order valence-electron chi connectivity index (χ3n) is 4.79. The number of aryl methyl sites for hydroxylation is 1. The van der Waals surface area contributed by atoms with Gasteiger partial charge in [-0.1, -0.05) is 18.2 Å². The molecule has 0 unspecified atom stereocenters. The molecule has 168 valence electrons. The molecule has 0 fully saturated rings. The normalized spacial score (nSPS) is 11.1. The van der Waals surface area contributed by atoms with Gasteiger partial charge in [0.05, 0.1) is 0 Å². The van der Waals surface area contributed by atoms with E-state index in [0.717, 1.165) is 50.1 Å². The van der Waals surface area contributed by atoms with Crippen LogP contribution in [0.1, 0.15) is 30.9 Å². The topological polar surface area (TPSA) is 70.4 Å². The Morgan fingerprint density at radius 3 is 2.43 bits per heavy atom. The number of anilines is 1. The van der Waals surface area contributed by atoms with Gasteiger partial charge in [-0.05, 0) is 50.3 Å². The van der Waals surface area contributed by atoms with Crippen molar-refractivity contribution in [2.45, 2.75) is 32.7 Å². The van der Waals surface area contributed by atoms with Gasteiger partial charge in [-0.25, -0.2) is 4.99 Å². The van der Waals surface area contributed by atoms with E-state index in [1.807, 2.05) is 36.4 Å². The zero-order valence-electron chi connectivity index (χ0n) is 18.6. The molecule has 0 aliphatic heterocycles. The van der Waals surface area contributed by atoms with E-state index in [-0.39, 0.29) is 24.0 Å². The van der Waals surface area contributed by atoms with Crippen LogP contribution < -0.4 is 15.5 Å². The zero-order chi connectivity index (χ0) is 20.9. The van der Waals surface area contributed by atoms with Crippen LogP contribution in [0.15, 0.2) is 35.3 Å². The first kappa shape index (κ1) is 26.5. The average molecular weight is 546 g/mol. The number of guanidine groups is 1. The van der Waals surface area contributed by atoms with Gasteiger partial charge in [0.1, 0.15) is 12.4 Å². The van der Waals surface area contributed by atoms with Crippen LogP contribution >= 0.6 is 35.7 Å². The minimum Gasteiger partial charge on any atom is -0.375 e. The van der Waals surface area contributed by atoms with Crippen LogP contribution in [0.4, 0.5) is 5.69 Å². The van der Waals surface area contributed by atoms with Gasteiger partial charge in [-0.2, -0.15) is 11.8 Å². The number of hydrogen-bond acceptors (Lipinski definition) is 5. The fourth-order valence-corrected chi connectivity index (χ4v) is 3.32. The molecule has 0 saturated heterocycles. The third kappa shape index (κ3) is 9.55. The van der Waals surface area contributed by atoms with E-state index in [0.29, 0.717) is 6.54 Å². The Kier molecular flexibility index (Phi) is 13.6. The summed E-state index contributed by atoms with van der Waals surface area (Å²) in [5, 5.41) is 15.2. The Morgan fingerprint density at radius 2 is 1.80 bits per heavy atom. The maximum atomic E-state index is 4.71. The van der Waals surface area contributed by atoms with Gasteiger partial charge < -0.3 is 20.1 Å². The Morgan fingerprint density at radius 1 is 1.10 bits per heavy atom. The van der Waals surface area contributed by atoms with Gasteiger partial charge in [0, 0.05) is 39.4 Å². The number of aromatic nitrogens is 3. The lowest BCUT2D eigenvalue weighted by atomic mass is 10.3. The Labute approximate surface area is 202 Å². The molecule has 2 aromatic rings. The predicted molar refractivity (Wildman–Crippen MR) is 140 cm³/mol. The lowest BCUT2D eigenvalue weighted by molar-refractivity contribution is 0.698. The molecule has 0 spiro atoms. The molecular weight excluding hydrogens is 509 g/mol. The van der Waals surface area contributed by atoms with Crippen molar-refractivity contribution in [1.29, 1.82) is 0 Å². The zero-order valence-corrected chi connectivity index (χ0v) is 21.7. The summed E-state index contributed by atoms with van der Waals surface area (Å²) in [7, 11) is 4.10. The maximum Gasteiger partial charge on any atom is 0.191 e. The second-order valence-corrected chi connectivity index (χ2v) is 8.04. The minimum atomic E-state index is 0. The molecule has 0 saturated carbocycles. The van der Waals surface area contributed by atoms with Crippen LogP contribution in [0.25, 0.3) is 0 Å². The fourth-order valence-electron chi connectivity index (χ4n) is 2.83. The molecule has 7 nitrogen and oxygen atoms in total. The quantitative estimate of drug-likeness (QED) is 0.184. The lowest BCUT2D eigenvalue weighted by Crippen LogP contribution is -2.39. The number of benzene rings is 1. The number of thioether (sulfide) groups is 1. The molecule has 9 heteroatoms. The van der Waals surface area contributed by atoms with Crippen LogP contribution in [0, 0.1) is 6.92 Å². The number of para-hydroxylation sites is 1. The number of nitrogens with zero attached hydrogens (tertiary/aromatic N) is 5. The molecular formula is C21H36IN7S. The van der Waals surface area contributed by atoms with Crippen molar-refractivity contribution in [1.82, 2.24) is 25.4 Å². The first-order valence-corrected chi connectivity index (χ1v) is 11.6. The van der Waals surface area contributed by atoms with Crippen molar-refractivity contribution >= 4 is 47.4 Å². The molecule has 0 aliphatic carbocycles. The van der Waals surface area contributed by atoms with E-state index in [2.05, 4.69) is 63.3 Å². The largest absolute Gasteiger partial charge is 0.375 e. The standard InChI is InChI=1S/C21H35N7S.HI/c1-18-25-26-20(28(18)3)17-24-21(22-13-8-9-16-29-4)23-14-10-15-27(2)19-11-6-5-7-12-19;/h5-7,11-12H,8-10,13-17H2,1-4H3,(H2,22,23,24);1H. The molecule has 0 amide bonds. The van der Waals surface area contributed by atoms with Gasteiger partial charge in [-0.15, -0.1) is 34.2 Å². The van der Waals surface area contributed by atoms with Gasteiger partial charge in [-0.3, -0.25) is 0 Å². The maximum absolute atomic E-state index is 4.71. The van der Waals surface area contributed by atoms with E-state index in [9.17, 15) is 0 Å². The van der Waals surface area contributed by atoms with Gasteiger partial charge in [0.2, 0.25) is 0 Å². The molecule has 0 bridgehead atoms. The molecule has 0 atom stereocenters. The number of nitrogens with one attached hydrogen (secondary N) is 2. The second-order valence-electron chi connectivity index (χ2n) is 7.05. The summed E-state index contributed by atoms with van der Waals surface area (Å²) in [6, 6.07) is 10.5. The summed E-state index contributed by atoms with van der Waals surface area (Å²) < 4.78 is 1.98. The Hall–Kier alpha value is -1.49. The number of halogens is 1. The smallest absolute Gasteiger partial charge is 0.191 e. The van der Waals surface area contributed by atoms with Gasteiger partial charge in [0.25, 0.3) is 0 Å². The number of unbranched alkanes of at least 4 members (excludes halogenated alkanes) is 1.